The maximum absolute atomic E-state index is 10.2. The molecule has 0 saturated heterocycles. The Morgan fingerprint density at radius 1 is 1.22 bits per heavy atom. The van der Waals surface area contributed by atoms with Crippen LogP contribution in [0.2, 0.25) is 0 Å². The molecular formula is C15H20N2O. The van der Waals surface area contributed by atoms with Crippen LogP contribution in [-0.2, 0) is 13.5 Å². The minimum Gasteiger partial charge on any atom is -0.388 e. The lowest BCUT2D eigenvalue weighted by atomic mass is 9.99. The molecule has 0 spiro atoms. The first-order valence-corrected chi connectivity index (χ1v) is 6.28. The predicted molar refractivity (Wildman–Crippen MR) is 72.4 cm³/mol. The van der Waals surface area contributed by atoms with E-state index in [0.29, 0.717) is 0 Å². The van der Waals surface area contributed by atoms with Gasteiger partial charge in [0.2, 0.25) is 0 Å². The van der Waals surface area contributed by atoms with Crippen LogP contribution < -0.4 is 0 Å². The summed E-state index contributed by atoms with van der Waals surface area (Å²) in [6.45, 7) is 4.12. The van der Waals surface area contributed by atoms with Crippen LogP contribution in [0.5, 0.6) is 0 Å². The summed E-state index contributed by atoms with van der Waals surface area (Å²) in [4.78, 5) is 0. The maximum Gasteiger partial charge on any atom is 0.0793 e. The molecule has 96 valence electrons. The molecule has 0 bridgehead atoms. The number of aromatic nitrogens is 2. The standard InChI is InChI=1S/C15H20N2O/c1-11-6-12(2)8-14(7-11)15(18)5-4-13-9-16-17(3)10-13/h6-10,15,18H,4-5H2,1-3H3. The monoisotopic (exact) mass is 244 g/mol. The fourth-order valence-corrected chi connectivity index (χ4v) is 2.27. The molecule has 18 heavy (non-hydrogen) atoms. The molecule has 1 aromatic heterocycles. The van der Waals surface area contributed by atoms with E-state index in [9.17, 15) is 5.11 Å². The number of nitrogens with zero attached hydrogens (tertiary/aromatic N) is 2. The molecule has 0 aliphatic rings. The van der Waals surface area contributed by atoms with E-state index in [0.717, 1.165) is 18.4 Å². The maximum atomic E-state index is 10.2. The summed E-state index contributed by atoms with van der Waals surface area (Å²) in [6, 6.07) is 6.24. The summed E-state index contributed by atoms with van der Waals surface area (Å²) in [5.41, 5.74) is 4.58. The van der Waals surface area contributed by atoms with E-state index in [1.54, 1.807) is 4.68 Å². The van der Waals surface area contributed by atoms with Crippen molar-refractivity contribution in [3.63, 3.8) is 0 Å². The first kappa shape index (κ1) is 12.8. The number of hydrogen-bond donors (Lipinski definition) is 1. The van der Waals surface area contributed by atoms with Gasteiger partial charge < -0.3 is 5.11 Å². The molecule has 0 aliphatic heterocycles. The normalized spacial score (nSPS) is 12.7. The first-order chi connectivity index (χ1) is 8.54. The molecule has 0 radical (unpaired) electrons. The Bertz CT molecular complexity index is 511. The van der Waals surface area contributed by atoms with Gasteiger partial charge in [-0.15, -0.1) is 0 Å². The SMILES string of the molecule is Cc1cc(C)cc(C(O)CCc2cnn(C)c2)c1. The summed E-state index contributed by atoms with van der Waals surface area (Å²) in [7, 11) is 1.91. The molecule has 0 aliphatic carbocycles. The van der Waals surface area contributed by atoms with Crippen LogP contribution in [-0.4, -0.2) is 14.9 Å². The lowest BCUT2D eigenvalue weighted by Gasteiger charge is -2.12. The molecule has 2 rings (SSSR count). The predicted octanol–water partition coefficient (Wildman–Crippen LogP) is 2.70. The Balaban J connectivity index is 2.01. The third-order valence-corrected chi connectivity index (χ3v) is 3.09. The van der Waals surface area contributed by atoms with Crippen molar-refractivity contribution in [2.24, 2.45) is 7.05 Å². The van der Waals surface area contributed by atoms with E-state index in [1.165, 1.54) is 16.7 Å². The van der Waals surface area contributed by atoms with Crippen LogP contribution >= 0.6 is 0 Å². The highest BCUT2D eigenvalue weighted by Crippen LogP contribution is 2.21. The highest BCUT2D eigenvalue weighted by Gasteiger charge is 2.09. The van der Waals surface area contributed by atoms with Gasteiger partial charge in [-0.3, -0.25) is 4.68 Å². The number of aliphatic hydroxyl groups excluding tert-OH is 1. The van der Waals surface area contributed by atoms with E-state index >= 15 is 0 Å². The van der Waals surface area contributed by atoms with E-state index in [2.05, 4.69) is 37.1 Å². The van der Waals surface area contributed by atoms with Gasteiger partial charge >= 0.3 is 0 Å². The number of benzene rings is 1. The Morgan fingerprint density at radius 2 is 1.89 bits per heavy atom. The third kappa shape index (κ3) is 3.20. The van der Waals surface area contributed by atoms with Crippen molar-refractivity contribution in [1.29, 1.82) is 0 Å². The van der Waals surface area contributed by atoms with Crippen molar-refractivity contribution in [2.45, 2.75) is 32.8 Å². The zero-order valence-corrected chi connectivity index (χ0v) is 11.2. The highest BCUT2D eigenvalue weighted by molar-refractivity contribution is 5.30. The smallest absolute Gasteiger partial charge is 0.0793 e. The largest absolute Gasteiger partial charge is 0.388 e. The molecule has 1 N–H and O–H groups in total. The first-order valence-electron chi connectivity index (χ1n) is 6.28. The van der Waals surface area contributed by atoms with Crippen LogP contribution in [0.4, 0.5) is 0 Å². The van der Waals surface area contributed by atoms with Crippen molar-refractivity contribution < 1.29 is 5.11 Å². The minimum atomic E-state index is -0.399. The fourth-order valence-electron chi connectivity index (χ4n) is 2.27. The van der Waals surface area contributed by atoms with Gasteiger partial charge in [0.05, 0.1) is 12.3 Å². The zero-order valence-electron chi connectivity index (χ0n) is 11.2. The van der Waals surface area contributed by atoms with Gasteiger partial charge in [-0.2, -0.15) is 5.10 Å². The van der Waals surface area contributed by atoms with E-state index in [-0.39, 0.29) is 0 Å². The van der Waals surface area contributed by atoms with Crippen molar-refractivity contribution >= 4 is 0 Å². The Morgan fingerprint density at radius 3 is 2.44 bits per heavy atom. The van der Waals surface area contributed by atoms with Gasteiger partial charge in [0.1, 0.15) is 0 Å². The van der Waals surface area contributed by atoms with E-state index in [4.69, 9.17) is 0 Å². The molecule has 1 aromatic carbocycles. The summed E-state index contributed by atoms with van der Waals surface area (Å²) < 4.78 is 1.79. The summed E-state index contributed by atoms with van der Waals surface area (Å²) in [5.74, 6) is 0. The van der Waals surface area contributed by atoms with Gasteiger partial charge in [-0.05, 0) is 37.8 Å². The Labute approximate surface area is 108 Å². The van der Waals surface area contributed by atoms with E-state index in [1.807, 2.05) is 19.4 Å². The second-order valence-electron chi connectivity index (χ2n) is 5.00. The minimum absolute atomic E-state index is 0.399. The van der Waals surface area contributed by atoms with Gasteiger partial charge in [-0.25, -0.2) is 0 Å². The zero-order chi connectivity index (χ0) is 13.1. The summed E-state index contributed by atoms with van der Waals surface area (Å²) in [6.07, 6.45) is 5.03. The molecule has 1 atom stereocenters. The number of hydrogen-bond acceptors (Lipinski definition) is 2. The topological polar surface area (TPSA) is 38.1 Å². The van der Waals surface area contributed by atoms with Crippen LogP contribution in [0.1, 0.15) is 34.8 Å². The lowest BCUT2D eigenvalue weighted by molar-refractivity contribution is 0.167. The molecule has 0 fully saturated rings. The fraction of sp³-hybridized carbons (Fsp3) is 0.400. The molecule has 0 saturated carbocycles. The second-order valence-corrected chi connectivity index (χ2v) is 5.00. The Kier molecular flexibility index (Phi) is 3.82. The van der Waals surface area contributed by atoms with Crippen LogP contribution in [0, 0.1) is 13.8 Å². The molecule has 1 unspecified atom stereocenters. The highest BCUT2D eigenvalue weighted by atomic mass is 16.3. The lowest BCUT2D eigenvalue weighted by Crippen LogP contribution is -2.00. The second kappa shape index (κ2) is 5.36. The van der Waals surface area contributed by atoms with Crippen LogP contribution in [0.25, 0.3) is 0 Å². The molecule has 3 heteroatoms. The summed E-state index contributed by atoms with van der Waals surface area (Å²) >= 11 is 0. The van der Waals surface area contributed by atoms with Gasteiger partial charge in [0.15, 0.2) is 0 Å². The average molecular weight is 244 g/mol. The number of rotatable bonds is 4. The van der Waals surface area contributed by atoms with Crippen molar-refractivity contribution in [3.8, 4) is 0 Å². The van der Waals surface area contributed by atoms with Crippen molar-refractivity contribution in [3.05, 3.63) is 52.8 Å². The van der Waals surface area contributed by atoms with Crippen molar-refractivity contribution in [1.82, 2.24) is 9.78 Å². The molecule has 0 amide bonds. The molecule has 2 aromatic rings. The van der Waals surface area contributed by atoms with Gasteiger partial charge in [0, 0.05) is 13.2 Å². The number of aliphatic hydroxyl groups is 1. The van der Waals surface area contributed by atoms with Crippen molar-refractivity contribution in [2.75, 3.05) is 0 Å². The van der Waals surface area contributed by atoms with E-state index < -0.39 is 6.10 Å². The van der Waals surface area contributed by atoms with Crippen LogP contribution in [0.15, 0.2) is 30.6 Å². The van der Waals surface area contributed by atoms with Gasteiger partial charge in [0.25, 0.3) is 0 Å². The van der Waals surface area contributed by atoms with Crippen LogP contribution in [0.3, 0.4) is 0 Å². The number of aryl methyl sites for hydroxylation is 4. The Hall–Kier alpha value is -1.61. The molecular weight excluding hydrogens is 224 g/mol. The average Bonchev–Trinajstić information content (AvgIpc) is 2.70. The summed E-state index contributed by atoms with van der Waals surface area (Å²) in [5, 5.41) is 14.3. The quantitative estimate of drug-likeness (QED) is 0.898. The molecule has 1 heterocycles. The molecule has 3 nitrogen and oxygen atoms in total. The third-order valence-electron chi connectivity index (χ3n) is 3.09. The van der Waals surface area contributed by atoms with Gasteiger partial charge in [-0.1, -0.05) is 29.3 Å².